The number of nitrogens with zero attached hydrogens (tertiary/aromatic N) is 2. The zero-order valence-electron chi connectivity index (χ0n) is 14.5. The summed E-state index contributed by atoms with van der Waals surface area (Å²) in [6.45, 7) is 0. The van der Waals surface area contributed by atoms with Crippen molar-refractivity contribution in [2.24, 2.45) is 0 Å². The fraction of sp³-hybridized carbons (Fsp3) is 0.0952. The first-order valence-corrected chi connectivity index (χ1v) is 9.07. The molecule has 0 bridgehead atoms. The maximum Gasteiger partial charge on any atom is 0.316 e. The molecule has 3 aromatic rings. The van der Waals surface area contributed by atoms with Crippen molar-refractivity contribution in [3.8, 4) is 28.5 Å². The summed E-state index contributed by atoms with van der Waals surface area (Å²) in [7, 11) is 1.31. The van der Waals surface area contributed by atoms with Crippen molar-refractivity contribution in [2.45, 2.75) is 5.03 Å². The number of hydrogen-bond acceptors (Lipinski definition) is 5. The summed E-state index contributed by atoms with van der Waals surface area (Å²) in [6.07, 6.45) is 0. The molecule has 0 aliphatic carbocycles. The van der Waals surface area contributed by atoms with Crippen LogP contribution >= 0.6 is 11.8 Å². The Labute approximate surface area is 160 Å². The Morgan fingerprint density at radius 2 is 1.89 bits per heavy atom. The smallest absolute Gasteiger partial charge is 0.316 e. The number of carbonyl (C=O) groups is 1. The maximum absolute atomic E-state index is 13.7. The Morgan fingerprint density at radius 1 is 1.15 bits per heavy atom. The highest BCUT2D eigenvalue weighted by atomic mass is 32.2. The molecule has 1 heterocycles. The molecule has 134 valence electrons. The molecule has 0 amide bonds. The van der Waals surface area contributed by atoms with E-state index in [2.05, 4.69) is 15.8 Å². The van der Waals surface area contributed by atoms with Crippen molar-refractivity contribution in [1.82, 2.24) is 4.98 Å². The van der Waals surface area contributed by atoms with Gasteiger partial charge in [-0.15, -0.1) is 0 Å². The second kappa shape index (κ2) is 8.47. The molecule has 0 N–H and O–H groups in total. The van der Waals surface area contributed by atoms with E-state index in [-0.39, 0.29) is 5.75 Å². The van der Waals surface area contributed by atoms with Crippen LogP contribution in [0.1, 0.15) is 5.56 Å². The van der Waals surface area contributed by atoms with Crippen LogP contribution in [0.25, 0.3) is 22.4 Å². The Kier molecular flexibility index (Phi) is 5.84. The number of aromatic nitrogens is 1. The van der Waals surface area contributed by atoms with Gasteiger partial charge in [-0.05, 0) is 23.8 Å². The van der Waals surface area contributed by atoms with Crippen LogP contribution in [0.2, 0.25) is 0 Å². The van der Waals surface area contributed by atoms with Crippen molar-refractivity contribution in [1.29, 1.82) is 5.26 Å². The SMILES string of the molecule is COC(=O)CSc1nc(-c2ccccc2)cc(-c2cccc(F)c2)c1C#N. The Bertz CT molecular complexity index is 1020. The van der Waals surface area contributed by atoms with Gasteiger partial charge in [0.25, 0.3) is 0 Å². The number of halogens is 1. The Hall–Kier alpha value is -3.17. The van der Waals surface area contributed by atoms with E-state index in [9.17, 15) is 14.4 Å². The number of methoxy groups -OCH3 is 1. The third-order valence-corrected chi connectivity index (χ3v) is 4.81. The van der Waals surface area contributed by atoms with Crippen LogP contribution in [0.15, 0.2) is 65.7 Å². The molecule has 27 heavy (non-hydrogen) atoms. The highest BCUT2D eigenvalue weighted by Crippen LogP contribution is 2.34. The molecule has 0 unspecified atom stereocenters. The average molecular weight is 378 g/mol. The minimum absolute atomic E-state index is 0.0268. The van der Waals surface area contributed by atoms with E-state index in [0.29, 0.717) is 27.4 Å². The van der Waals surface area contributed by atoms with Crippen molar-refractivity contribution in [2.75, 3.05) is 12.9 Å². The van der Waals surface area contributed by atoms with Gasteiger partial charge < -0.3 is 4.74 Å². The lowest BCUT2D eigenvalue weighted by atomic mass is 9.99. The van der Waals surface area contributed by atoms with E-state index >= 15 is 0 Å². The monoisotopic (exact) mass is 378 g/mol. The molecule has 3 rings (SSSR count). The maximum atomic E-state index is 13.7. The number of benzene rings is 2. The zero-order chi connectivity index (χ0) is 19.2. The zero-order valence-corrected chi connectivity index (χ0v) is 15.3. The molecule has 0 atom stereocenters. The molecule has 6 heteroatoms. The van der Waals surface area contributed by atoms with Crippen molar-refractivity contribution in [3.05, 3.63) is 72.0 Å². The molecule has 0 aliphatic heterocycles. The molecular formula is C21H15FN2O2S. The summed E-state index contributed by atoms with van der Waals surface area (Å²) in [5.41, 5.74) is 2.94. The summed E-state index contributed by atoms with van der Waals surface area (Å²) in [6, 6.07) is 19.4. The number of nitriles is 1. The van der Waals surface area contributed by atoms with Gasteiger partial charge in [0.1, 0.15) is 16.9 Å². The summed E-state index contributed by atoms with van der Waals surface area (Å²) < 4.78 is 18.4. The quantitative estimate of drug-likeness (QED) is 0.476. The predicted molar refractivity (Wildman–Crippen MR) is 103 cm³/mol. The van der Waals surface area contributed by atoms with Crippen LogP contribution in [-0.2, 0) is 9.53 Å². The third-order valence-electron chi connectivity index (χ3n) is 3.86. The van der Waals surface area contributed by atoms with E-state index < -0.39 is 11.8 Å². The lowest BCUT2D eigenvalue weighted by Gasteiger charge is -2.12. The van der Waals surface area contributed by atoms with Crippen LogP contribution in [0.3, 0.4) is 0 Å². The van der Waals surface area contributed by atoms with Crippen molar-refractivity contribution in [3.63, 3.8) is 0 Å². The van der Waals surface area contributed by atoms with Gasteiger partial charge in [0, 0.05) is 11.1 Å². The lowest BCUT2D eigenvalue weighted by molar-refractivity contribution is -0.137. The minimum atomic E-state index is -0.414. The van der Waals surface area contributed by atoms with Gasteiger partial charge in [0.2, 0.25) is 0 Å². The van der Waals surface area contributed by atoms with Crippen molar-refractivity contribution >= 4 is 17.7 Å². The summed E-state index contributed by atoms with van der Waals surface area (Å²) in [4.78, 5) is 16.1. The fourth-order valence-electron chi connectivity index (χ4n) is 2.56. The molecule has 0 saturated heterocycles. The van der Waals surface area contributed by atoms with Gasteiger partial charge in [-0.1, -0.05) is 54.2 Å². The fourth-order valence-corrected chi connectivity index (χ4v) is 3.40. The van der Waals surface area contributed by atoms with Gasteiger partial charge in [-0.3, -0.25) is 4.79 Å². The molecule has 0 fully saturated rings. The van der Waals surface area contributed by atoms with E-state index in [1.54, 1.807) is 18.2 Å². The van der Waals surface area contributed by atoms with Crippen LogP contribution in [0.5, 0.6) is 0 Å². The molecule has 0 aliphatic rings. The molecule has 2 aromatic carbocycles. The predicted octanol–water partition coefficient (Wildman–Crippen LogP) is 4.69. The van der Waals surface area contributed by atoms with Gasteiger partial charge in [-0.25, -0.2) is 9.37 Å². The third kappa shape index (κ3) is 4.33. The van der Waals surface area contributed by atoms with Crippen LogP contribution < -0.4 is 0 Å². The van der Waals surface area contributed by atoms with Gasteiger partial charge in [0.05, 0.1) is 24.1 Å². The average Bonchev–Trinajstić information content (AvgIpc) is 2.71. The summed E-state index contributed by atoms with van der Waals surface area (Å²) in [5.74, 6) is -0.778. The van der Waals surface area contributed by atoms with Crippen LogP contribution in [0, 0.1) is 17.1 Å². The number of ether oxygens (including phenoxy) is 1. The van der Waals surface area contributed by atoms with E-state index in [1.807, 2.05) is 30.3 Å². The number of rotatable bonds is 5. The first-order valence-electron chi connectivity index (χ1n) is 8.08. The molecule has 0 radical (unpaired) electrons. The second-order valence-electron chi connectivity index (χ2n) is 5.59. The number of hydrogen-bond donors (Lipinski definition) is 0. The van der Waals surface area contributed by atoms with E-state index in [1.165, 1.54) is 19.2 Å². The standard InChI is InChI=1S/C21H15FN2O2S/c1-26-20(25)13-27-21-18(12-23)17(15-8-5-9-16(22)10-15)11-19(24-21)14-6-3-2-4-7-14/h2-11H,13H2,1H3. The topological polar surface area (TPSA) is 63.0 Å². The van der Waals surface area contributed by atoms with Gasteiger partial charge in [-0.2, -0.15) is 5.26 Å². The second-order valence-corrected chi connectivity index (χ2v) is 6.55. The molecule has 4 nitrogen and oxygen atoms in total. The number of esters is 1. The molecule has 0 spiro atoms. The molecule has 0 saturated carbocycles. The van der Waals surface area contributed by atoms with Crippen LogP contribution in [-0.4, -0.2) is 23.8 Å². The Balaban J connectivity index is 2.18. The minimum Gasteiger partial charge on any atom is -0.468 e. The van der Waals surface area contributed by atoms with Gasteiger partial charge in [0.15, 0.2) is 0 Å². The normalized spacial score (nSPS) is 10.3. The number of thioether (sulfide) groups is 1. The largest absolute Gasteiger partial charge is 0.468 e. The van der Waals surface area contributed by atoms with E-state index in [0.717, 1.165) is 17.3 Å². The first-order chi connectivity index (χ1) is 13.1. The number of pyridine rings is 1. The van der Waals surface area contributed by atoms with Gasteiger partial charge >= 0.3 is 5.97 Å². The molecule has 1 aromatic heterocycles. The lowest BCUT2D eigenvalue weighted by Crippen LogP contribution is -2.04. The Morgan fingerprint density at radius 3 is 2.56 bits per heavy atom. The summed E-state index contributed by atoms with van der Waals surface area (Å²) in [5, 5.41) is 10.1. The first kappa shape index (κ1) is 18.6. The number of carbonyl (C=O) groups excluding carboxylic acids is 1. The summed E-state index contributed by atoms with van der Waals surface area (Å²) >= 11 is 1.12. The van der Waals surface area contributed by atoms with Crippen molar-refractivity contribution < 1.29 is 13.9 Å². The highest BCUT2D eigenvalue weighted by Gasteiger charge is 2.17. The highest BCUT2D eigenvalue weighted by molar-refractivity contribution is 7.99. The van der Waals surface area contributed by atoms with E-state index in [4.69, 9.17) is 0 Å². The van der Waals surface area contributed by atoms with Crippen LogP contribution in [0.4, 0.5) is 4.39 Å². The molecular weight excluding hydrogens is 363 g/mol.